The highest BCUT2D eigenvalue weighted by atomic mass is 35.5. The molecule has 1 saturated heterocycles. The van der Waals surface area contributed by atoms with Crippen LogP contribution >= 0.6 is 23.2 Å². The average Bonchev–Trinajstić information content (AvgIpc) is 2.50. The molecule has 0 bridgehead atoms. The second kappa shape index (κ2) is 7.99. The van der Waals surface area contributed by atoms with Crippen molar-refractivity contribution in [3.63, 3.8) is 0 Å². The highest BCUT2D eigenvalue weighted by molar-refractivity contribution is 6.43. The van der Waals surface area contributed by atoms with Crippen LogP contribution in [0.4, 0.5) is 5.69 Å². The minimum Gasteiger partial charge on any atom is -0.325 e. The van der Waals surface area contributed by atoms with Crippen LogP contribution in [0, 0.1) is 0 Å². The average molecular weight is 330 g/mol. The topological polar surface area (TPSA) is 35.6 Å². The number of hydrogen-bond donors (Lipinski definition) is 1. The van der Waals surface area contributed by atoms with E-state index in [1.807, 2.05) is 0 Å². The first-order valence-electron chi connectivity index (χ1n) is 7.28. The van der Waals surface area contributed by atoms with E-state index in [4.69, 9.17) is 23.2 Å². The molecule has 1 aromatic carbocycles. The summed E-state index contributed by atoms with van der Waals surface area (Å²) in [6.07, 6.45) is 0.467. The van der Waals surface area contributed by atoms with Crippen LogP contribution in [-0.4, -0.2) is 55.0 Å². The number of benzene rings is 1. The van der Waals surface area contributed by atoms with E-state index in [9.17, 15) is 4.79 Å². The fraction of sp³-hybridized carbons (Fsp3) is 0.533. The van der Waals surface area contributed by atoms with E-state index < -0.39 is 0 Å². The van der Waals surface area contributed by atoms with Crippen LogP contribution in [-0.2, 0) is 4.79 Å². The van der Waals surface area contributed by atoms with Gasteiger partial charge in [-0.15, -0.1) is 0 Å². The minimum atomic E-state index is -0.0305. The molecule has 0 spiro atoms. The quantitative estimate of drug-likeness (QED) is 0.902. The Labute approximate surface area is 136 Å². The lowest BCUT2D eigenvalue weighted by Crippen LogP contribution is -2.46. The van der Waals surface area contributed by atoms with Crippen LogP contribution in [0.2, 0.25) is 10.0 Å². The van der Waals surface area contributed by atoms with Gasteiger partial charge in [-0.3, -0.25) is 4.79 Å². The number of carbonyl (C=O) groups excluding carboxylic acids is 1. The van der Waals surface area contributed by atoms with Crippen molar-refractivity contribution in [1.29, 1.82) is 0 Å². The number of rotatable bonds is 5. The lowest BCUT2D eigenvalue weighted by molar-refractivity contribution is -0.116. The summed E-state index contributed by atoms with van der Waals surface area (Å²) in [6, 6.07) is 5.23. The monoisotopic (exact) mass is 329 g/mol. The van der Waals surface area contributed by atoms with Gasteiger partial charge in [-0.2, -0.15) is 0 Å². The third kappa shape index (κ3) is 4.85. The van der Waals surface area contributed by atoms with Crippen molar-refractivity contribution in [3.8, 4) is 0 Å². The summed E-state index contributed by atoms with van der Waals surface area (Å²) in [5.41, 5.74) is 0.574. The smallest absolute Gasteiger partial charge is 0.225 e. The van der Waals surface area contributed by atoms with Gasteiger partial charge >= 0.3 is 0 Å². The van der Waals surface area contributed by atoms with Crippen LogP contribution < -0.4 is 5.32 Å². The number of halogens is 2. The van der Waals surface area contributed by atoms with Crippen LogP contribution in [0.25, 0.3) is 0 Å². The standard InChI is InChI=1S/C15H21Cl2N3O/c1-2-19-8-10-20(11-9-19)7-6-14(21)18-13-5-3-4-12(16)15(13)17/h3-5H,2,6-11H2,1H3,(H,18,21). The maximum Gasteiger partial charge on any atom is 0.225 e. The summed E-state index contributed by atoms with van der Waals surface area (Å²) in [5, 5.41) is 3.66. The van der Waals surface area contributed by atoms with Crippen molar-refractivity contribution in [3.05, 3.63) is 28.2 Å². The van der Waals surface area contributed by atoms with E-state index in [0.717, 1.165) is 39.3 Å². The third-order valence-corrected chi connectivity index (χ3v) is 4.61. The van der Waals surface area contributed by atoms with Gasteiger partial charge in [-0.1, -0.05) is 36.2 Å². The second-order valence-electron chi connectivity index (χ2n) is 5.18. The van der Waals surface area contributed by atoms with Gasteiger partial charge in [0.25, 0.3) is 0 Å². The number of piperazine rings is 1. The third-order valence-electron chi connectivity index (χ3n) is 3.79. The van der Waals surface area contributed by atoms with Gasteiger partial charge in [0.05, 0.1) is 15.7 Å². The molecule has 1 aromatic rings. The summed E-state index contributed by atoms with van der Waals surface area (Å²) in [7, 11) is 0. The van der Waals surface area contributed by atoms with E-state index in [2.05, 4.69) is 22.0 Å². The zero-order valence-corrected chi connectivity index (χ0v) is 13.8. The molecule has 4 nitrogen and oxygen atoms in total. The van der Waals surface area contributed by atoms with Crippen molar-refractivity contribution in [2.75, 3.05) is 44.6 Å². The fourth-order valence-corrected chi connectivity index (χ4v) is 2.75. The number of hydrogen-bond acceptors (Lipinski definition) is 3. The molecule has 0 aromatic heterocycles. The minimum absolute atomic E-state index is 0.0305. The highest BCUT2D eigenvalue weighted by Gasteiger charge is 2.16. The summed E-state index contributed by atoms with van der Waals surface area (Å²) < 4.78 is 0. The molecule has 0 unspecified atom stereocenters. The summed E-state index contributed by atoms with van der Waals surface area (Å²) >= 11 is 12.0. The number of carbonyl (C=O) groups is 1. The van der Waals surface area contributed by atoms with Gasteiger partial charge in [-0.05, 0) is 18.7 Å². The molecule has 0 aliphatic carbocycles. The summed E-state index contributed by atoms with van der Waals surface area (Å²) in [6.45, 7) is 8.27. The molecule has 1 N–H and O–H groups in total. The predicted octanol–water partition coefficient (Wildman–Crippen LogP) is 2.96. The maximum absolute atomic E-state index is 12.0. The molecular weight excluding hydrogens is 309 g/mol. The molecular formula is C15H21Cl2N3O. The molecule has 1 aliphatic rings. The van der Waals surface area contributed by atoms with Gasteiger partial charge in [0.1, 0.15) is 0 Å². The first kappa shape index (κ1) is 16.6. The largest absolute Gasteiger partial charge is 0.325 e. The van der Waals surface area contributed by atoms with Gasteiger partial charge in [-0.25, -0.2) is 0 Å². The van der Waals surface area contributed by atoms with Gasteiger partial charge in [0.2, 0.25) is 5.91 Å². The zero-order valence-electron chi connectivity index (χ0n) is 12.2. The lowest BCUT2D eigenvalue weighted by atomic mass is 10.2. The predicted molar refractivity (Wildman–Crippen MR) is 88.3 cm³/mol. The Bertz CT molecular complexity index is 488. The van der Waals surface area contributed by atoms with Crippen molar-refractivity contribution < 1.29 is 4.79 Å². The van der Waals surface area contributed by atoms with E-state index in [-0.39, 0.29) is 5.91 Å². The second-order valence-corrected chi connectivity index (χ2v) is 5.96. The molecule has 1 heterocycles. The van der Waals surface area contributed by atoms with Crippen molar-refractivity contribution >= 4 is 34.8 Å². The van der Waals surface area contributed by atoms with Gasteiger partial charge in [0, 0.05) is 39.1 Å². The number of nitrogens with one attached hydrogen (secondary N) is 1. The number of likely N-dealkylation sites (N-methyl/N-ethyl adjacent to an activating group) is 1. The van der Waals surface area contributed by atoms with Crippen molar-refractivity contribution in [2.24, 2.45) is 0 Å². The Hall–Kier alpha value is -0.810. The number of anilines is 1. The molecule has 116 valence electrons. The molecule has 1 amide bonds. The lowest BCUT2D eigenvalue weighted by Gasteiger charge is -2.33. The SMILES string of the molecule is CCN1CCN(CCC(=O)Nc2cccc(Cl)c2Cl)CC1. The van der Waals surface area contributed by atoms with Crippen molar-refractivity contribution in [2.45, 2.75) is 13.3 Å². The van der Waals surface area contributed by atoms with E-state index in [1.54, 1.807) is 18.2 Å². The molecule has 21 heavy (non-hydrogen) atoms. The molecule has 2 rings (SSSR count). The molecule has 1 aliphatic heterocycles. The number of nitrogens with zero attached hydrogens (tertiary/aromatic N) is 2. The molecule has 1 fully saturated rings. The van der Waals surface area contributed by atoms with Crippen LogP contribution in [0.1, 0.15) is 13.3 Å². The summed E-state index contributed by atoms with van der Waals surface area (Å²) in [4.78, 5) is 16.7. The van der Waals surface area contributed by atoms with Crippen LogP contribution in [0.15, 0.2) is 18.2 Å². The van der Waals surface area contributed by atoms with Gasteiger partial charge < -0.3 is 15.1 Å². The molecule has 0 atom stereocenters. The Morgan fingerprint density at radius 2 is 1.86 bits per heavy atom. The Balaban J connectivity index is 1.76. The van der Waals surface area contributed by atoms with Crippen molar-refractivity contribution in [1.82, 2.24) is 9.80 Å². The number of amides is 1. The Kier molecular flexibility index (Phi) is 6.30. The Morgan fingerprint density at radius 1 is 1.19 bits per heavy atom. The Morgan fingerprint density at radius 3 is 2.52 bits per heavy atom. The van der Waals surface area contributed by atoms with Gasteiger partial charge in [0.15, 0.2) is 0 Å². The van der Waals surface area contributed by atoms with E-state index in [0.29, 0.717) is 22.2 Å². The van der Waals surface area contributed by atoms with Crippen LogP contribution in [0.3, 0.4) is 0 Å². The first-order valence-corrected chi connectivity index (χ1v) is 8.04. The van der Waals surface area contributed by atoms with Crippen LogP contribution in [0.5, 0.6) is 0 Å². The van der Waals surface area contributed by atoms with E-state index in [1.165, 1.54) is 0 Å². The normalized spacial score (nSPS) is 16.9. The highest BCUT2D eigenvalue weighted by Crippen LogP contribution is 2.29. The summed E-state index contributed by atoms with van der Waals surface area (Å²) in [5.74, 6) is -0.0305. The van der Waals surface area contributed by atoms with E-state index >= 15 is 0 Å². The maximum atomic E-state index is 12.0. The molecule has 6 heteroatoms. The molecule has 0 saturated carbocycles. The molecule has 0 radical (unpaired) electrons. The zero-order chi connectivity index (χ0) is 15.2. The first-order chi connectivity index (χ1) is 10.1. The fourth-order valence-electron chi connectivity index (χ4n) is 2.40.